The number of nitrogen functional groups attached to an aromatic ring is 1. The van der Waals surface area contributed by atoms with Crippen LogP contribution in [-0.4, -0.2) is 10.9 Å². The SMILES string of the molecule is NNC(=O)c1nc2ccc(Cl)cc2s1. The summed E-state index contributed by atoms with van der Waals surface area (Å²) in [6.45, 7) is 0. The maximum absolute atomic E-state index is 11.1. The van der Waals surface area contributed by atoms with Crippen LogP contribution >= 0.6 is 22.9 Å². The van der Waals surface area contributed by atoms with Crippen molar-refractivity contribution >= 4 is 39.1 Å². The van der Waals surface area contributed by atoms with Gasteiger partial charge in [0.15, 0.2) is 5.01 Å². The molecule has 3 N–H and O–H groups in total. The first kappa shape index (κ1) is 9.39. The third kappa shape index (κ3) is 1.57. The van der Waals surface area contributed by atoms with Crippen molar-refractivity contribution in [2.75, 3.05) is 0 Å². The quantitative estimate of drug-likeness (QED) is 0.441. The largest absolute Gasteiger partial charge is 0.294 e. The van der Waals surface area contributed by atoms with E-state index in [2.05, 4.69) is 4.98 Å². The number of hydrazine groups is 1. The van der Waals surface area contributed by atoms with Crippen LogP contribution in [0.2, 0.25) is 5.02 Å². The van der Waals surface area contributed by atoms with Gasteiger partial charge in [-0.25, -0.2) is 10.8 Å². The normalized spacial score (nSPS) is 10.4. The summed E-state index contributed by atoms with van der Waals surface area (Å²) in [6, 6.07) is 5.26. The average molecular weight is 228 g/mol. The van der Waals surface area contributed by atoms with Gasteiger partial charge in [-0.3, -0.25) is 10.2 Å². The van der Waals surface area contributed by atoms with Crippen molar-refractivity contribution < 1.29 is 4.79 Å². The summed E-state index contributed by atoms with van der Waals surface area (Å²) in [7, 11) is 0. The molecule has 4 nitrogen and oxygen atoms in total. The fourth-order valence-corrected chi connectivity index (χ4v) is 2.20. The summed E-state index contributed by atoms with van der Waals surface area (Å²) in [6.07, 6.45) is 0. The molecule has 72 valence electrons. The molecule has 1 amide bonds. The van der Waals surface area contributed by atoms with Gasteiger partial charge in [-0.05, 0) is 18.2 Å². The van der Waals surface area contributed by atoms with Crippen molar-refractivity contribution in [3.63, 3.8) is 0 Å². The highest BCUT2D eigenvalue weighted by Crippen LogP contribution is 2.24. The Labute approximate surface area is 88.7 Å². The van der Waals surface area contributed by atoms with Crippen LogP contribution in [0.25, 0.3) is 10.2 Å². The van der Waals surface area contributed by atoms with E-state index < -0.39 is 0 Å². The molecule has 14 heavy (non-hydrogen) atoms. The molecule has 0 unspecified atom stereocenters. The zero-order valence-electron chi connectivity index (χ0n) is 6.95. The van der Waals surface area contributed by atoms with Gasteiger partial charge in [-0.1, -0.05) is 11.6 Å². The molecular weight excluding hydrogens is 222 g/mol. The number of nitrogens with one attached hydrogen (secondary N) is 1. The molecule has 0 radical (unpaired) electrons. The van der Waals surface area contributed by atoms with Crippen LogP contribution in [-0.2, 0) is 0 Å². The minimum absolute atomic E-state index is 0.338. The number of amides is 1. The van der Waals surface area contributed by atoms with Crippen molar-refractivity contribution in [2.45, 2.75) is 0 Å². The van der Waals surface area contributed by atoms with Crippen molar-refractivity contribution in [2.24, 2.45) is 5.84 Å². The second-order valence-electron chi connectivity index (χ2n) is 2.60. The van der Waals surface area contributed by atoms with Crippen LogP contribution in [0.4, 0.5) is 0 Å². The predicted molar refractivity (Wildman–Crippen MR) is 56.3 cm³/mol. The molecule has 1 aromatic carbocycles. The Morgan fingerprint density at radius 2 is 2.36 bits per heavy atom. The lowest BCUT2D eigenvalue weighted by atomic mass is 10.3. The Balaban J connectivity index is 2.56. The molecule has 2 aromatic rings. The number of fused-ring (bicyclic) bond motifs is 1. The number of carbonyl (C=O) groups is 1. The third-order valence-corrected chi connectivity index (χ3v) is 2.93. The molecule has 0 bridgehead atoms. The first-order valence-corrected chi connectivity index (χ1v) is 4.97. The second kappa shape index (κ2) is 3.53. The Kier molecular flexibility index (Phi) is 2.37. The van der Waals surface area contributed by atoms with Crippen LogP contribution in [0.3, 0.4) is 0 Å². The van der Waals surface area contributed by atoms with Gasteiger partial charge in [0.1, 0.15) is 0 Å². The monoisotopic (exact) mass is 227 g/mol. The zero-order valence-corrected chi connectivity index (χ0v) is 8.52. The molecule has 0 aliphatic carbocycles. The number of hydrogen-bond donors (Lipinski definition) is 2. The van der Waals surface area contributed by atoms with Crippen molar-refractivity contribution in [1.29, 1.82) is 0 Å². The van der Waals surface area contributed by atoms with Crippen molar-refractivity contribution in [3.05, 3.63) is 28.2 Å². The van der Waals surface area contributed by atoms with Crippen LogP contribution < -0.4 is 11.3 Å². The van der Waals surface area contributed by atoms with Crippen molar-refractivity contribution in [1.82, 2.24) is 10.4 Å². The average Bonchev–Trinajstić information content (AvgIpc) is 2.59. The number of aromatic nitrogens is 1. The highest BCUT2D eigenvalue weighted by Gasteiger charge is 2.10. The summed E-state index contributed by atoms with van der Waals surface area (Å²) in [5.41, 5.74) is 2.78. The van der Waals surface area contributed by atoms with Crippen LogP contribution in [0, 0.1) is 0 Å². The number of nitrogens with zero attached hydrogens (tertiary/aromatic N) is 1. The number of carbonyl (C=O) groups excluding carboxylic acids is 1. The summed E-state index contributed by atoms with van der Waals surface area (Å²) in [5.74, 6) is 4.61. The minimum atomic E-state index is -0.387. The Morgan fingerprint density at radius 1 is 1.57 bits per heavy atom. The fraction of sp³-hybridized carbons (Fsp3) is 0. The number of halogens is 1. The molecule has 2 rings (SSSR count). The van der Waals surface area contributed by atoms with E-state index in [0.717, 1.165) is 10.2 Å². The first-order chi connectivity index (χ1) is 6.70. The Hall–Kier alpha value is -1.17. The standard InChI is InChI=1S/C8H6ClN3OS/c9-4-1-2-5-6(3-4)14-8(11-5)7(13)12-10/h1-3H,10H2,(H,12,13). The lowest BCUT2D eigenvalue weighted by molar-refractivity contribution is 0.0953. The molecule has 0 aliphatic heterocycles. The van der Waals surface area contributed by atoms with E-state index in [-0.39, 0.29) is 5.91 Å². The summed E-state index contributed by atoms with van der Waals surface area (Å²) >= 11 is 7.05. The summed E-state index contributed by atoms with van der Waals surface area (Å²) in [4.78, 5) is 15.2. The zero-order chi connectivity index (χ0) is 10.1. The van der Waals surface area contributed by atoms with E-state index in [9.17, 15) is 4.79 Å². The Morgan fingerprint density at radius 3 is 3.07 bits per heavy atom. The van der Waals surface area contributed by atoms with Crippen LogP contribution in [0.15, 0.2) is 18.2 Å². The van der Waals surface area contributed by atoms with E-state index in [1.54, 1.807) is 18.2 Å². The Bertz CT molecular complexity index is 496. The molecule has 0 saturated heterocycles. The molecule has 6 heteroatoms. The molecule has 1 heterocycles. The van der Waals surface area contributed by atoms with Gasteiger partial charge in [-0.2, -0.15) is 0 Å². The lowest BCUT2D eigenvalue weighted by Crippen LogP contribution is -2.29. The molecular formula is C8H6ClN3OS. The maximum atomic E-state index is 11.1. The third-order valence-electron chi connectivity index (χ3n) is 1.68. The molecule has 0 saturated carbocycles. The van der Waals surface area contributed by atoms with Gasteiger partial charge >= 0.3 is 0 Å². The van der Waals surface area contributed by atoms with Gasteiger partial charge in [-0.15, -0.1) is 11.3 Å². The van der Waals surface area contributed by atoms with Crippen molar-refractivity contribution in [3.8, 4) is 0 Å². The topological polar surface area (TPSA) is 68.0 Å². The van der Waals surface area contributed by atoms with Gasteiger partial charge < -0.3 is 0 Å². The smallest absolute Gasteiger partial charge is 0.288 e. The maximum Gasteiger partial charge on any atom is 0.294 e. The van der Waals surface area contributed by atoms with Gasteiger partial charge in [0.25, 0.3) is 5.91 Å². The van der Waals surface area contributed by atoms with Gasteiger partial charge in [0, 0.05) is 5.02 Å². The van der Waals surface area contributed by atoms with Crippen LogP contribution in [0.5, 0.6) is 0 Å². The first-order valence-electron chi connectivity index (χ1n) is 3.78. The highest BCUT2D eigenvalue weighted by molar-refractivity contribution is 7.20. The molecule has 0 spiro atoms. The highest BCUT2D eigenvalue weighted by atomic mass is 35.5. The number of benzene rings is 1. The molecule has 0 fully saturated rings. The number of nitrogens with two attached hydrogens (primary N) is 1. The van der Waals surface area contributed by atoms with E-state index in [4.69, 9.17) is 17.4 Å². The van der Waals surface area contributed by atoms with E-state index in [0.29, 0.717) is 10.0 Å². The molecule has 0 aliphatic rings. The molecule has 0 atom stereocenters. The summed E-state index contributed by atoms with van der Waals surface area (Å²) in [5, 5.41) is 0.964. The number of hydrogen-bond acceptors (Lipinski definition) is 4. The van der Waals surface area contributed by atoms with Crippen LogP contribution in [0.1, 0.15) is 9.80 Å². The molecule has 1 aromatic heterocycles. The second-order valence-corrected chi connectivity index (χ2v) is 4.07. The van der Waals surface area contributed by atoms with E-state index >= 15 is 0 Å². The van der Waals surface area contributed by atoms with Gasteiger partial charge in [0.2, 0.25) is 0 Å². The van der Waals surface area contributed by atoms with E-state index in [1.165, 1.54) is 11.3 Å². The number of rotatable bonds is 1. The van der Waals surface area contributed by atoms with E-state index in [1.807, 2.05) is 5.43 Å². The predicted octanol–water partition coefficient (Wildman–Crippen LogP) is 1.55. The lowest BCUT2D eigenvalue weighted by Gasteiger charge is -1.89. The summed E-state index contributed by atoms with van der Waals surface area (Å²) < 4.78 is 0.871. The minimum Gasteiger partial charge on any atom is -0.288 e. The number of thiazole rings is 1. The van der Waals surface area contributed by atoms with Gasteiger partial charge in [0.05, 0.1) is 10.2 Å². The fourth-order valence-electron chi connectivity index (χ4n) is 1.06.